The van der Waals surface area contributed by atoms with E-state index in [1.165, 1.54) is 17.6 Å². The van der Waals surface area contributed by atoms with Gasteiger partial charge in [0.15, 0.2) is 0 Å². The van der Waals surface area contributed by atoms with E-state index in [9.17, 15) is 0 Å². The highest BCUT2D eigenvalue weighted by atomic mass is 32.2. The van der Waals surface area contributed by atoms with Crippen LogP contribution in [-0.2, 0) is 11.2 Å². The minimum Gasteiger partial charge on any atom is -0.490 e. The zero-order chi connectivity index (χ0) is 10.1. The second-order valence-electron chi connectivity index (χ2n) is 3.65. The normalized spacial score (nSPS) is 22.8. The van der Waals surface area contributed by atoms with Gasteiger partial charge >= 0.3 is 0 Å². The van der Waals surface area contributed by atoms with Gasteiger partial charge in [0, 0.05) is 11.3 Å². The molecule has 1 fully saturated rings. The molecule has 1 atom stereocenters. The van der Waals surface area contributed by atoms with Crippen LogP contribution in [0, 0.1) is 0 Å². The van der Waals surface area contributed by atoms with Crippen LogP contribution in [-0.4, -0.2) is 25.1 Å². The van der Waals surface area contributed by atoms with E-state index < -0.39 is 0 Å². The molecule has 1 unspecified atom stereocenters. The van der Waals surface area contributed by atoms with Crippen LogP contribution in [0.3, 0.4) is 0 Å². The van der Waals surface area contributed by atoms with Crippen LogP contribution in [0.2, 0.25) is 0 Å². The summed E-state index contributed by atoms with van der Waals surface area (Å²) in [5.41, 5.74) is 1.19. The molecule has 1 aromatic carbocycles. The third kappa shape index (κ3) is 2.06. The third-order valence-corrected chi connectivity index (χ3v) is 3.17. The van der Waals surface area contributed by atoms with Crippen LogP contribution in [0.15, 0.2) is 18.2 Å². The first-order valence-corrected chi connectivity index (χ1v) is 6.00. The molecule has 15 heavy (non-hydrogen) atoms. The Morgan fingerprint density at radius 1 is 1.47 bits per heavy atom. The molecule has 1 saturated heterocycles. The van der Waals surface area contributed by atoms with E-state index in [0.29, 0.717) is 12.7 Å². The highest BCUT2D eigenvalue weighted by Crippen LogP contribution is 2.35. The van der Waals surface area contributed by atoms with E-state index in [1.807, 2.05) is 18.2 Å². The first-order chi connectivity index (χ1) is 7.43. The van der Waals surface area contributed by atoms with E-state index in [0.717, 1.165) is 30.3 Å². The van der Waals surface area contributed by atoms with Gasteiger partial charge in [0.1, 0.15) is 24.2 Å². The van der Waals surface area contributed by atoms with Gasteiger partial charge in [-0.3, -0.25) is 0 Å². The summed E-state index contributed by atoms with van der Waals surface area (Å²) in [7, 11) is 0. The Morgan fingerprint density at radius 3 is 3.27 bits per heavy atom. The van der Waals surface area contributed by atoms with Crippen LogP contribution >= 0.6 is 12.0 Å². The number of epoxide rings is 1. The fourth-order valence-electron chi connectivity index (χ4n) is 1.60. The SMILES string of the molecule is c1cc(OCC2CO2)c2c(c1)OSCC2. The smallest absolute Gasteiger partial charge is 0.144 e. The van der Waals surface area contributed by atoms with Gasteiger partial charge in [0.2, 0.25) is 0 Å². The molecule has 0 bridgehead atoms. The van der Waals surface area contributed by atoms with Gasteiger partial charge in [-0.1, -0.05) is 6.07 Å². The summed E-state index contributed by atoms with van der Waals surface area (Å²) in [6.45, 7) is 1.49. The van der Waals surface area contributed by atoms with Crippen molar-refractivity contribution < 1.29 is 13.7 Å². The lowest BCUT2D eigenvalue weighted by Crippen LogP contribution is -2.09. The van der Waals surface area contributed by atoms with Gasteiger partial charge in [-0.15, -0.1) is 0 Å². The lowest BCUT2D eigenvalue weighted by atomic mass is 10.1. The molecule has 3 nitrogen and oxygen atoms in total. The number of ether oxygens (including phenoxy) is 2. The second-order valence-corrected chi connectivity index (χ2v) is 4.47. The van der Waals surface area contributed by atoms with Crippen molar-refractivity contribution in [3.8, 4) is 11.5 Å². The fraction of sp³-hybridized carbons (Fsp3) is 0.455. The summed E-state index contributed by atoms with van der Waals surface area (Å²) >= 11 is 1.50. The molecule has 2 heterocycles. The van der Waals surface area contributed by atoms with E-state index in [-0.39, 0.29) is 0 Å². The maximum atomic E-state index is 5.71. The van der Waals surface area contributed by atoms with Crippen molar-refractivity contribution >= 4 is 12.0 Å². The first-order valence-electron chi connectivity index (χ1n) is 5.09. The highest BCUT2D eigenvalue weighted by Gasteiger charge is 2.24. The van der Waals surface area contributed by atoms with Crippen molar-refractivity contribution in [3.63, 3.8) is 0 Å². The average Bonchev–Trinajstić information content (AvgIpc) is 3.10. The van der Waals surface area contributed by atoms with Gasteiger partial charge in [-0.25, -0.2) is 0 Å². The molecule has 2 aliphatic rings. The number of rotatable bonds is 3. The molecule has 1 aromatic rings. The Labute approximate surface area is 92.9 Å². The molecule has 0 aromatic heterocycles. The molecular formula is C11H12O3S. The largest absolute Gasteiger partial charge is 0.490 e. The van der Waals surface area contributed by atoms with Crippen molar-refractivity contribution in [3.05, 3.63) is 23.8 Å². The summed E-state index contributed by atoms with van der Waals surface area (Å²) in [6.07, 6.45) is 1.32. The molecule has 0 saturated carbocycles. The van der Waals surface area contributed by atoms with Crippen LogP contribution in [0.1, 0.15) is 5.56 Å². The Morgan fingerprint density at radius 2 is 2.40 bits per heavy atom. The molecule has 0 spiro atoms. The zero-order valence-electron chi connectivity index (χ0n) is 8.27. The van der Waals surface area contributed by atoms with Crippen LogP contribution in [0.5, 0.6) is 11.5 Å². The summed E-state index contributed by atoms with van der Waals surface area (Å²) in [5, 5.41) is 0. The van der Waals surface area contributed by atoms with E-state index in [2.05, 4.69) is 0 Å². The molecule has 3 rings (SSSR count). The average molecular weight is 224 g/mol. The predicted octanol–water partition coefficient (Wildman–Crippen LogP) is 2.05. The zero-order valence-corrected chi connectivity index (χ0v) is 9.09. The number of benzene rings is 1. The van der Waals surface area contributed by atoms with Gasteiger partial charge < -0.3 is 13.7 Å². The molecule has 0 N–H and O–H groups in total. The van der Waals surface area contributed by atoms with Gasteiger partial charge in [0.25, 0.3) is 0 Å². The summed E-state index contributed by atoms with van der Waals surface area (Å²) < 4.78 is 16.3. The number of fused-ring (bicyclic) bond motifs is 1. The summed E-state index contributed by atoms with van der Waals surface area (Å²) in [5.74, 6) is 2.89. The maximum Gasteiger partial charge on any atom is 0.144 e. The molecule has 0 amide bonds. The molecular weight excluding hydrogens is 212 g/mol. The van der Waals surface area contributed by atoms with Crippen LogP contribution in [0.25, 0.3) is 0 Å². The molecule has 4 heteroatoms. The topological polar surface area (TPSA) is 31.0 Å². The third-order valence-electron chi connectivity index (χ3n) is 2.50. The lowest BCUT2D eigenvalue weighted by Gasteiger charge is -2.18. The number of hydrogen-bond donors (Lipinski definition) is 0. The van der Waals surface area contributed by atoms with Crippen LogP contribution in [0.4, 0.5) is 0 Å². The van der Waals surface area contributed by atoms with E-state index >= 15 is 0 Å². The Kier molecular flexibility index (Phi) is 2.46. The van der Waals surface area contributed by atoms with E-state index in [4.69, 9.17) is 13.7 Å². The monoisotopic (exact) mass is 224 g/mol. The minimum absolute atomic E-state index is 0.305. The summed E-state index contributed by atoms with van der Waals surface area (Å²) in [6, 6.07) is 5.95. The standard InChI is InChI=1S/C11H12O3S/c1-2-10(13-7-8-6-12-8)9-4-5-15-14-11(9)3-1/h1-3,8H,4-7H2. The fourth-order valence-corrected chi connectivity index (χ4v) is 2.25. The van der Waals surface area contributed by atoms with Crippen molar-refractivity contribution in [1.82, 2.24) is 0 Å². The van der Waals surface area contributed by atoms with Crippen molar-refractivity contribution in [2.75, 3.05) is 19.0 Å². The van der Waals surface area contributed by atoms with Gasteiger partial charge in [0.05, 0.1) is 18.6 Å². The van der Waals surface area contributed by atoms with Crippen molar-refractivity contribution in [1.29, 1.82) is 0 Å². The Bertz CT molecular complexity index is 363. The van der Waals surface area contributed by atoms with E-state index in [1.54, 1.807) is 0 Å². The molecule has 2 aliphatic heterocycles. The lowest BCUT2D eigenvalue weighted by molar-refractivity contribution is 0.260. The predicted molar refractivity (Wildman–Crippen MR) is 58.5 cm³/mol. The minimum atomic E-state index is 0.305. The van der Waals surface area contributed by atoms with Gasteiger partial charge in [-0.05, 0) is 18.6 Å². The van der Waals surface area contributed by atoms with Crippen molar-refractivity contribution in [2.24, 2.45) is 0 Å². The second kappa shape index (κ2) is 3.94. The van der Waals surface area contributed by atoms with Crippen molar-refractivity contribution in [2.45, 2.75) is 12.5 Å². The number of hydrogen-bond acceptors (Lipinski definition) is 4. The molecule has 0 radical (unpaired) electrons. The Hall–Kier alpha value is -0.870. The molecule has 0 aliphatic carbocycles. The maximum absolute atomic E-state index is 5.71. The van der Waals surface area contributed by atoms with Gasteiger partial charge in [-0.2, -0.15) is 0 Å². The first kappa shape index (κ1) is 9.36. The Balaban J connectivity index is 1.79. The molecule has 80 valence electrons. The summed E-state index contributed by atoms with van der Waals surface area (Å²) in [4.78, 5) is 0. The van der Waals surface area contributed by atoms with Crippen LogP contribution < -0.4 is 8.92 Å². The quantitative estimate of drug-likeness (QED) is 0.581. The highest BCUT2D eigenvalue weighted by molar-refractivity contribution is 7.95.